The van der Waals surface area contributed by atoms with Crippen molar-refractivity contribution in [2.75, 3.05) is 5.32 Å². The molecule has 9 heteroatoms. The Morgan fingerprint density at radius 2 is 2.08 bits per heavy atom. The van der Waals surface area contributed by atoms with Crippen LogP contribution in [-0.4, -0.2) is 20.5 Å². The number of anilines is 1. The van der Waals surface area contributed by atoms with E-state index in [2.05, 4.69) is 15.4 Å². The normalized spacial score (nSPS) is 11.1. The molecule has 1 aromatic carbocycles. The second kappa shape index (κ2) is 6.23. The highest BCUT2D eigenvalue weighted by atomic mass is 35.5. The van der Waals surface area contributed by atoms with Gasteiger partial charge in [-0.3, -0.25) is 4.79 Å². The van der Waals surface area contributed by atoms with Gasteiger partial charge in [0.15, 0.2) is 5.76 Å². The van der Waals surface area contributed by atoms with E-state index in [1.54, 1.807) is 16.6 Å². The molecule has 0 radical (unpaired) electrons. The number of imidazole rings is 1. The maximum Gasteiger partial charge on any atom is 0.284 e. The Labute approximate surface area is 151 Å². The van der Waals surface area contributed by atoms with Crippen molar-refractivity contribution in [2.45, 2.75) is 6.54 Å². The van der Waals surface area contributed by atoms with Crippen molar-refractivity contribution < 1.29 is 9.21 Å². The van der Waals surface area contributed by atoms with Crippen LogP contribution in [0.2, 0.25) is 5.02 Å². The molecule has 25 heavy (non-hydrogen) atoms. The maximum atomic E-state index is 11.0. The second-order valence-electron chi connectivity index (χ2n) is 5.25. The number of furan rings is 1. The summed E-state index contributed by atoms with van der Waals surface area (Å²) < 4.78 is 7.03. The zero-order valence-corrected chi connectivity index (χ0v) is 14.3. The van der Waals surface area contributed by atoms with Gasteiger partial charge in [-0.1, -0.05) is 35.1 Å². The highest BCUT2D eigenvalue weighted by Gasteiger charge is 2.11. The standard InChI is InChI=1S/C16H12ClN5O2S/c17-10-3-1-9(2-4-10)12-8-22-16(20-12)25-15(21-22)19-7-11-5-6-13(24-11)14(18)23/h1-6,8H,7H2,(H2,18,23)(H,19,21). The highest BCUT2D eigenvalue weighted by molar-refractivity contribution is 7.20. The third kappa shape index (κ3) is 3.21. The van der Waals surface area contributed by atoms with E-state index in [4.69, 9.17) is 21.8 Å². The molecule has 0 unspecified atom stereocenters. The summed E-state index contributed by atoms with van der Waals surface area (Å²) in [6.07, 6.45) is 1.86. The van der Waals surface area contributed by atoms with Gasteiger partial charge in [-0.05, 0) is 24.3 Å². The van der Waals surface area contributed by atoms with Crippen molar-refractivity contribution in [1.82, 2.24) is 14.6 Å². The molecule has 126 valence electrons. The number of fused-ring (bicyclic) bond motifs is 1. The lowest BCUT2D eigenvalue weighted by Crippen LogP contribution is -2.09. The van der Waals surface area contributed by atoms with Gasteiger partial charge in [-0.2, -0.15) is 0 Å². The number of aromatic nitrogens is 3. The fourth-order valence-electron chi connectivity index (χ4n) is 2.30. The Balaban J connectivity index is 1.49. The number of nitrogens with one attached hydrogen (secondary N) is 1. The molecule has 3 aromatic heterocycles. The number of benzene rings is 1. The predicted molar refractivity (Wildman–Crippen MR) is 95.9 cm³/mol. The van der Waals surface area contributed by atoms with Crippen LogP contribution in [0.4, 0.5) is 5.13 Å². The fraction of sp³-hybridized carbons (Fsp3) is 0.0625. The summed E-state index contributed by atoms with van der Waals surface area (Å²) in [5.41, 5.74) is 6.97. The van der Waals surface area contributed by atoms with Crippen molar-refractivity contribution >= 4 is 38.9 Å². The number of nitrogens with two attached hydrogens (primary N) is 1. The number of nitrogens with zero attached hydrogens (tertiary/aromatic N) is 3. The lowest BCUT2D eigenvalue weighted by Gasteiger charge is -1.98. The molecule has 0 saturated carbocycles. The van der Waals surface area contributed by atoms with Gasteiger partial charge in [0.25, 0.3) is 5.91 Å². The third-order valence-corrected chi connectivity index (χ3v) is 4.63. The van der Waals surface area contributed by atoms with Gasteiger partial charge in [0.1, 0.15) is 5.76 Å². The number of amides is 1. The van der Waals surface area contributed by atoms with Gasteiger partial charge < -0.3 is 15.5 Å². The Kier molecular flexibility index (Phi) is 3.90. The van der Waals surface area contributed by atoms with Crippen LogP contribution >= 0.6 is 22.9 Å². The number of hydrogen-bond acceptors (Lipinski definition) is 6. The predicted octanol–water partition coefficient (Wildman–Crippen LogP) is 3.42. The van der Waals surface area contributed by atoms with Crippen LogP contribution in [0.25, 0.3) is 16.2 Å². The molecule has 3 heterocycles. The minimum Gasteiger partial charge on any atom is -0.454 e. The number of hydrogen-bond donors (Lipinski definition) is 2. The van der Waals surface area contributed by atoms with E-state index < -0.39 is 5.91 Å². The smallest absolute Gasteiger partial charge is 0.284 e. The van der Waals surface area contributed by atoms with Crippen molar-refractivity contribution in [3.05, 3.63) is 59.1 Å². The minimum absolute atomic E-state index is 0.137. The molecule has 4 rings (SSSR count). The SMILES string of the molecule is NC(=O)c1ccc(CNc2nn3cc(-c4ccc(Cl)cc4)nc3s2)o1. The lowest BCUT2D eigenvalue weighted by atomic mass is 10.2. The van der Waals surface area contributed by atoms with E-state index in [1.807, 2.05) is 30.5 Å². The minimum atomic E-state index is -0.589. The van der Waals surface area contributed by atoms with Gasteiger partial charge in [0, 0.05) is 10.6 Å². The summed E-state index contributed by atoms with van der Waals surface area (Å²) in [6.45, 7) is 0.397. The summed E-state index contributed by atoms with van der Waals surface area (Å²) in [7, 11) is 0. The van der Waals surface area contributed by atoms with E-state index in [0.717, 1.165) is 16.2 Å². The van der Waals surface area contributed by atoms with Gasteiger partial charge in [0.05, 0.1) is 18.4 Å². The van der Waals surface area contributed by atoms with Crippen LogP contribution in [0.5, 0.6) is 0 Å². The topological polar surface area (TPSA) is 98.5 Å². The molecule has 4 aromatic rings. The van der Waals surface area contributed by atoms with Gasteiger partial charge >= 0.3 is 0 Å². The highest BCUT2D eigenvalue weighted by Crippen LogP contribution is 2.25. The Hall–Kier alpha value is -2.84. The molecule has 0 bridgehead atoms. The van der Waals surface area contributed by atoms with E-state index >= 15 is 0 Å². The van der Waals surface area contributed by atoms with Crippen molar-refractivity contribution in [3.63, 3.8) is 0 Å². The second-order valence-corrected chi connectivity index (χ2v) is 6.64. The first-order valence-electron chi connectivity index (χ1n) is 7.33. The number of rotatable bonds is 5. The van der Waals surface area contributed by atoms with Crippen LogP contribution in [0.1, 0.15) is 16.3 Å². The van der Waals surface area contributed by atoms with Gasteiger partial charge in [-0.25, -0.2) is 9.50 Å². The maximum absolute atomic E-state index is 11.0. The summed E-state index contributed by atoms with van der Waals surface area (Å²) >= 11 is 7.32. The lowest BCUT2D eigenvalue weighted by molar-refractivity contribution is 0.0972. The molecule has 3 N–H and O–H groups in total. The average Bonchev–Trinajstić information content (AvgIpc) is 3.28. The van der Waals surface area contributed by atoms with E-state index in [9.17, 15) is 4.79 Å². The first-order valence-corrected chi connectivity index (χ1v) is 8.52. The molecule has 0 aliphatic heterocycles. The Morgan fingerprint density at radius 3 is 2.76 bits per heavy atom. The van der Waals surface area contributed by atoms with Gasteiger partial charge in [0.2, 0.25) is 10.1 Å². The molecule has 0 spiro atoms. The van der Waals surface area contributed by atoms with Crippen LogP contribution in [0, 0.1) is 0 Å². The number of halogens is 1. The van der Waals surface area contributed by atoms with Crippen LogP contribution in [0.3, 0.4) is 0 Å². The third-order valence-electron chi connectivity index (χ3n) is 3.50. The quantitative estimate of drug-likeness (QED) is 0.558. The Bertz CT molecular complexity index is 1020. The monoisotopic (exact) mass is 373 g/mol. The number of carbonyl (C=O) groups excluding carboxylic acids is 1. The zero-order valence-electron chi connectivity index (χ0n) is 12.8. The molecular weight excluding hydrogens is 362 g/mol. The molecule has 0 aliphatic carbocycles. The van der Waals surface area contributed by atoms with Crippen molar-refractivity contribution in [3.8, 4) is 11.3 Å². The van der Waals surface area contributed by atoms with Crippen LogP contribution in [-0.2, 0) is 6.54 Å². The van der Waals surface area contributed by atoms with E-state index in [0.29, 0.717) is 22.5 Å². The van der Waals surface area contributed by atoms with Crippen molar-refractivity contribution in [1.29, 1.82) is 0 Å². The van der Waals surface area contributed by atoms with Crippen LogP contribution in [0.15, 0.2) is 47.0 Å². The first kappa shape index (κ1) is 15.7. The van der Waals surface area contributed by atoms with Crippen molar-refractivity contribution in [2.24, 2.45) is 5.73 Å². The van der Waals surface area contributed by atoms with Crippen LogP contribution < -0.4 is 11.1 Å². The molecule has 0 saturated heterocycles. The molecule has 1 amide bonds. The largest absolute Gasteiger partial charge is 0.454 e. The first-order chi connectivity index (χ1) is 12.1. The molecule has 0 atom stereocenters. The number of primary amides is 1. The molecule has 7 nitrogen and oxygen atoms in total. The summed E-state index contributed by atoms with van der Waals surface area (Å²) in [4.78, 5) is 16.4. The fourth-order valence-corrected chi connectivity index (χ4v) is 3.20. The van der Waals surface area contributed by atoms with E-state index in [1.165, 1.54) is 11.3 Å². The molecule has 0 aliphatic rings. The summed E-state index contributed by atoms with van der Waals surface area (Å²) in [5, 5.41) is 8.96. The Morgan fingerprint density at radius 1 is 1.28 bits per heavy atom. The molecule has 0 fully saturated rings. The molecular formula is C16H12ClN5O2S. The number of carbonyl (C=O) groups is 1. The summed E-state index contributed by atoms with van der Waals surface area (Å²) in [6, 6.07) is 10.7. The summed E-state index contributed by atoms with van der Waals surface area (Å²) in [5.74, 6) is 0.149. The average molecular weight is 374 g/mol. The van der Waals surface area contributed by atoms with Gasteiger partial charge in [-0.15, -0.1) is 5.10 Å². The van der Waals surface area contributed by atoms with E-state index in [-0.39, 0.29) is 5.76 Å². The zero-order chi connectivity index (χ0) is 17.4.